The number of nitrogens with zero attached hydrogens (tertiary/aromatic N) is 1. The number of rotatable bonds is 3. The molecular formula is C18H17ClFNO4. The van der Waals surface area contributed by atoms with Crippen molar-refractivity contribution in [3.8, 4) is 5.75 Å². The Balaban J connectivity index is 1.99. The maximum atomic E-state index is 14.4. The molecule has 0 fully saturated rings. The number of carbonyl (C=O) groups is 3. The van der Waals surface area contributed by atoms with E-state index in [1.165, 1.54) is 0 Å². The van der Waals surface area contributed by atoms with Gasteiger partial charge in [-0.3, -0.25) is 14.4 Å². The fraction of sp³-hybridized carbons (Fsp3) is 0.389. The van der Waals surface area contributed by atoms with Crippen LogP contribution < -0.4 is 9.64 Å². The number of benzene rings is 1. The summed E-state index contributed by atoms with van der Waals surface area (Å²) >= 11 is 5.94. The summed E-state index contributed by atoms with van der Waals surface area (Å²) in [4.78, 5) is 37.7. The van der Waals surface area contributed by atoms with Crippen LogP contribution in [-0.2, 0) is 14.4 Å². The van der Waals surface area contributed by atoms with Crippen molar-refractivity contribution in [1.29, 1.82) is 0 Å². The maximum Gasteiger partial charge on any atom is 0.313 e. The Morgan fingerprint density at radius 2 is 1.72 bits per heavy atom. The lowest BCUT2D eigenvalue weighted by molar-refractivity contribution is -0.137. The number of hydrogen-bond donors (Lipinski definition) is 0. The highest BCUT2D eigenvalue weighted by atomic mass is 35.5. The Morgan fingerprint density at radius 3 is 2.24 bits per heavy atom. The molecule has 132 valence electrons. The molecule has 0 aromatic heterocycles. The van der Waals surface area contributed by atoms with Crippen LogP contribution in [0.3, 0.4) is 0 Å². The smallest absolute Gasteiger partial charge is 0.313 e. The SMILES string of the molecule is CC(C)C(=O)Oc1cc(N2C(=O)C3=C(CCCC3)C2=O)c(F)cc1Cl. The van der Waals surface area contributed by atoms with Gasteiger partial charge < -0.3 is 4.74 Å². The van der Waals surface area contributed by atoms with E-state index in [1.807, 2.05) is 0 Å². The number of hydrogen-bond acceptors (Lipinski definition) is 4. The van der Waals surface area contributed by atoms with E-state index < -0.39 is 29.5 Å². The van der Waals surface area contributed by atoms with Gasteiger partial charge in [0.15, 0.2) is 5.75 Å². The van der Waals surface area contributed by atoms with Gasteiger partial charge in [-0.15, -0.1) is 0 Å². The van der Waals surface area contributed by atoms with Crippen molar-refractivity contribution >= 4 is 35.1 Å². The minimum absolute atomic E-state index is 0.0813. The summed E-state index contributed by atoms with van der Waals surface area (Å²) in [5.41, 5.74) is 0.651. The standard InChI is InChI=1S/C18H17ClFNO4/c1-9(2)18(24)25-15-8-14(13(20)7-12(15)19)21-16(22)10-5-3-4-6-11(10)17(21)23/h7-9H,3-6H2,1-2H3. The number of anilines is 1. The lowest BCUT2D eigenvalue weighted by Gasteiger charge is -2.18. The van der Waals surface area contributed by atoms with Crippen molar-refractivity contribution < 1.29 is 23.5 Å². The summed E-state index contributed by atoms with van der Waals surface area (Å²) in [7, 11) is 0. The molecule has 1 heterocycles. The molecule has 0 N–H and O–H groups in total. The van der Waals surface area contributed by atoms with Crippen molar-refractivity contribution in [2.45, 2.75) is 39.5 Å². The first kappa shape index (κ1) is 17.6. The third-order valence-electron chi connectivity index (χ3n) is 4.31. The first-order valence-electron chi connectivity index (χ1n) is 8.12. The fourth-order valence-electron chi connectivity index (χ4n) is 2.95. The van der Waals surface area contributed by atoms with Crippen molar-refractivity contribution in [1.82, 2.24) is 0 Å². The number of carbonyl (C=O) groups excluding carboxylic acids is 3. The number of amides is 2. The van der Waals surface area contributed by atoms with Crippen LogP contribution in [-0.4, -0.2) is 17.8 Å². The van der Waals surface area contributed by atoms with E-state index >= 15 is 0 Å². The second-order valence-electron chi connectivity index (χ2n) is 6.42. The fourth-order valence-corrected chi connectivity index (χ4v) is 3.14. The highest BCUT2D eigenvalue weighted by molar-refractivity contribution is 6.34. The molecule has 25 heavy (non-hydrogen) atoms. The Bertz CT molecular complexity index is 788. The van der Waals surface area contributed by atoms with Gasteiger partial charge in [-0.05, 0) is 31.7 Å². The minimum Gasteiger partial charge on any atom is -0.425 e. The molecule has 1 aromatic rings. The Kier molecular flexibility index (Phi) is 4.64. The van der Waals surface area contributed by atoms with Gasteiger partial charge in [0.05, 0.1) is 16.6 Å². The molecule has 0 saturated heterocycles. The van der Waals surface area contributed by atoms with Gasteiger partial charge in [0, 0.05) is 17.2 Å². The van der Waals surface area contributed by atoms with Crippen LogP contribution in [0, 0.1) is 11.7 Å². The van der Waals surface area contributed by atoms with E-state index in [-0.39, 0.29) is 16.5 Å². The largest absolute Gasteiger partial charge is 0.425 e. The first-order valence-corrected chi connectivity index (χ1v) is 8.50. The van der Waals surface area contributed by atoms with Gasteiger partial charge in [0.1, 0.15) is 5.82 Å². The van der Waals surface area contributed by atoms with Gasteiger partial charge in [-0.2, -0.15) is 0 Å². The highest BCUT2D eigenvalue weighted by Crippen LogP contribution is 2.39. The Hall–Kier alpha value is -2.21. The van der Waals surface area contributed by atoms with Crippen LogP contribution in [0.15, 0.2) is 23.3 Å². The molecule has 2 amide bonds. The van der Waals surface area contributed by atoms with Crippen LogP contribution in [0.1, 0.15) is 39.5 Å². The molecule has 3 rings (SSSR count). The molecule has 0 unspecified atom stereocenters. The normalized spacial score (nSPS) is 17.4. The lowest BCUT2D eigenvalue weighted by atomic mass is 9.93. The summed E-state index contributed by atoms with van der Waals surface area (Å²) < 4.78 is 19.6. The summed E-state index contributed by atoms with van der Waals surface area (Å²) in [6.07, 6.45) is 2.68. The quantitative estimate of drug-likeness (QED) is 0.464. The predicted octanol–water partition coefficient (Wildman–Crippen LogP) is 3.78. The molecule has 2 aliphatic rings. The first-order chi connectivity index (χ1) is 11.8. The Labute approximate surface area is 149 Å². The van der Waals surface area contributed by atoms with Crippen molar-refractivity contribution in [3.63, 3.8) is 0 Å². The lowest BCUT2D eigenvalue weighted by Crippen LogP contribution is -2.32. The molecule has 0 atom stereocenters. The molecule has 0 bridgehead atoms. The average molecular weight is 366 g/mol. The average Bonchev–Trinajstić information content (AvgIpc) is 2.82. The summed E-state index contributed by atoms with van der Waals surface area (Å²) in [5.74, 6) is -2.88. The van der Waals surface area contributed by atoms with Crippen LogP contribution in [0.5, 0.6) is 5.75 Å². The summed E-state index contributed by atoms with van der Waals surface area (Å²) in [6.45, 7) is 3.29. The van der Waals surface area contributed by atoms with Crippen molar-refractivity contribution in [3.05, 3.63) is 34.1 Å². The predicted molar refractivity (Wildman–Crippen MR) is 89.9 cm³/mol. The van der Waals surface area contributed by atoms with Gasteiger partial charge in [-0.1, -0.05) is 25.4 Å². The van der Waals surface area contributed by atoms with E-state index in [0.29, 0.717) is 24.0 Å². The van der Waals surface area contributed by atoms with Gasteiger partial charge >= 0.3 is 5.97 Å². The zero-order valence-corrected chi connectivity index (χ0v) is 14.7. The van der Waals surface area contributed by atoms with Crippen LogP contribution in [0.2, 0.25) is 5.02 Å². The zero-order valence-electron chi connectivity index (χ0n) is 13.9. The molecule has 0 radical (unpaired) electrons. The van der Waals surface area contributed by atoms with Crippen molar-refractivity contribution in [2.75, 3.05) is 4.90 Å². The zero-order chi connectivity index (χ0) is 18.3. The molecule has 5 nitrogen and oxygen atoms in total. The van der Waals surface area contributed by atoms with E-state index in [4.69, 9.17) is 16.3 Å². The Morgan fingerprint density at radius 1 is 1.16 bits per heavy atom. The molecule has 1 aliphatic heterocycles. The monoisotopic (exact) mass is 365 g/mol. The van der Waals surface area contributed by atoms with Gasteiger partial charge in [0.2, 0.25) is 0 Å². The van der Waals surface area contributed by atoms with E-state index in [1.54, 1.807) is 13.8 Å². The number of ether oxygens (including phenoxy) is 1. The molecule has 0 spiro atoms. The third kappa shape index (κ3) is 3.06. The molecule has 7 heteroatoms. The minimum atomic E-state index is -0.823. The maximum absolute atomic E-state index is 14.4. The van der Waals surface area contributed by atoms with Gasteiger partial charge in [-0.25, -0.2) is 9.29 Å². The van der Waals surface area contributed by atoms with E-state index in [0.717, 1.165) is 29.9 Å². The number of halogens is 2. The van der Waals surface area contributed by atoms with Gasteiger partial charge in [0.25, 0.3) is 11.8 Å². The molecular weight excluding hydrogens is 349 g/mol. The second-order valence-corrected chi connectivity index (χ2v) is 6.83. The molecule has 1 aromatic carbocycles. The molecule has 1 aliphatic carbocycles. The van der Waals surface area contributed by atoms with E-state index in [9.17, 15) is 18.8 Å². The highest BCUT2D eigenvalue weighted by Gasteiger charge is 2.41. The van der Waals surface area contributed by atoms with Crippen LogP contribution in [0.4, 0.5) is 10.1 Å². The topological polar surface area (TPSA) is 63.7 Å². The van der Waals surface area contributed by atoms with E-state index in [2.05, 4.69) is 0 Å². The number of esters is 1. The summed E-state index contributed by atoms with van der Waals surface area (Å²) in [5, 5.41) is -0.105. The van der Waals surface area contributed by atoms with Crippen LogP contribution >= 0.6 is 11.6 Å². The third-order valence-corrected chi connectivity index (χ3v) is 4.61. The summed E-state index contributed by atoms with van der Waals surface area (Å²) in [6, 6.07) is 2.07. The van der Waals surface area contributed by atoms with Crippen LogP contribution in [0.25, 0.3) is 0 Å². The number of imide groups is 1. The molecule has 0 saturated carbocycles. The van der Waals surface area contributed by atoms with Crippen molar-refractivity contribution in [2.24, 2.45) is 5.92 Å². The second kappa shape index (κ2) is 6.59.